The van der Waals surface area contributed by atoms with E-state index in [1.807, 2.05) is 0 Å². The average Bonchev–Trinajstić information content (AvgIpc) is 3.01. The fraction of sp³-hybridized carbons (Fsp3) is 0.314. The predicted octanol–water partition coefficient (Wildman–Crippen LogP) is 10.8. The monoisotopic (exact) mass is 684 g/mol. The Kier molecular flexibility index (Phi) is 10.6. The zero-order valence-electron chi connectivity index (χ0n) is 25.4. The molecule has 0 aliphatic carbocycles. The highest BCUT2D eigenvalue weighted by Gasteiger charge is 2.41. The van der Waals surface area contributed by atoms with Crippen molar-refractivity contribution in [1.82, 2.24) is 0 Å². The summed E-state index contributed by atoms with van der Waals surface area (Å²) >= 11 is 0. The van der Waals surface area contributed by atoms with E-state index >= 15 is 8.78 Å². The van der Waals surface area contributed by atoms with Crippen LogP contribution >= 0.6 is 0 Å². The molecule has 1 aliphatic heterocycles. The van der Waals surface area contributed by atoms with Crippen molar-refractivity contribution in [2.24, 2.45) is 5.92 Å². The second-order valence-electron chi connectivity index (χ2n) is 11.2. The molecule has 4 aromatic rings. The van der Waals surface area contributed by atoms with Crippen LogP contribution in [0.5, 0.6) is 11.5 Å². The minimum atomic E-state index is -5.03. The van der Waals surface area contributed by atoms with Crippen LogP contribution in [0, 0.1) is 29.2 Å². The molecule has 0 spiro atoms. The fourth-order valence-electron chi connectivity index (χ4n) is 5.33. The van der Waals surface area contributed by atoms with Crippen LogP contribution < -0.4 is 9.47 Å². The number of hydrogen-bond acceptors (Lipinski definition) is 4. The molecule has 0 amide bonds. The highest BCUT2D eigenvalue weighted by atomic mass is 19.4. The van der Waals surface area contributed by atoms with Crippen molar-refractivity contribution in [1.29, 1.82) is 0 Å². The molecular weight excluding hydrogens is 655 g/mol. The second kappa shape index (κ2) is 14.5. The van der Waals surface area contributed by atoms with Gasteiger partial charge in [-0.3, -0.25) is 0 Å². The van der Waals surface area contributed by atoms with E-state index in [0.717, 1.165) is 37.8 Å². The maximum absolute atomic E-state index is 15.2. The van der Waals surface area contributed by atoms with Crippen molar-refractivity contribution in [3.8, 4) is 33.8 Å². The fourth-order valence-corrected chi connectivity index (χ4v) is 5.33. The van der Waals surface area contributed by atoms with E-state index in [1.54, 1.807) is 6.07 Å². The van der Waals surface area contributed by atoms with Gasteiger partial charge in [0.05, 0.1) is 13.2 Å². The van der Waals surface area contributed by atoms with Gasteiger partial charge in [0, 0.05) is 22.6 Å². The lowest BCUT2D eigenvalue weighted by Crippen LogP contribution is -2.27. The van der Waals surface area contributed by atoms with Crippen LogP contribution in [0.1, 0.15) is 50.0 Å². The molecule has 0 atom stereocenters. The van der Waals surface area contributed by atoms with Gasteiger partial charge in [-0.2, -0.15) is 8.78 Å². The van der Waals surface area contributed by atoms with Gasteiger partial charge in [0.15, 0.2) is 6.29 Å². The molecule has 5 rings (SSSR count). The summed E-state index contributed by atoms with van der Waals surface area (Å²) in [4.78, 5) is 0. The third-order valence-electron chi connectivity index (χ3n) is 7.68. The molecule has 1 heterocycles. The normalized spacial score (nSPS) is 17.0. The van der Waals surface area contributed by atoms with Crippen LogP contribution in [0.4, 0.5) is 39.5 Å². The van der Waals surface area contributed by atoms with Crippen molar-refractivity contribution < 1.29 is 58.5 Å². The Morgan fingerprint density at radius 3 is 1.75 bits per heavy atom. The first-order valence-electron chi connectivity index (χ1n) is 15.0. The highest BCUT2D eigenvalue weighted by molar-refractivity contribution is 5.72. The van der Waals surface area contributed by atoms with Crippen LogP contribution in [0.2, 0.25) is 0 Å². The van der Waals surface area contributed by atoms with Gasteiger partial charge in [-0.05, 0) is 66.1 Å². The van der Waals surface area contributed by atoms with E-state index in [-0.39, 0.29) is 22.6 Å². The molecule has 0 bridgehead atoms. The maximum Gasteiger partial charge on any atom is 0.573 e. The molecule has 1 saturated heterocycles. The number of rotatable bonds is 11. The molecule has 1 fully saturated rings. The predicted molar refractivity (Wildman–Crippen MR) is 157 cm³/mol. The summed E-state index contributed by atoms with van der Waals surface area (Å²) in [6.45, 7) is 3.08. The van der Waals surface area contributed by atoms with Crippen LogP contribution in [-0.2, 0) is 15.6 Å². The van der Waals surface area contributed by atoms with Crippen LogP contribution in [-0.4, -0.2) is 19.6 Å². The van der Waals surface area contributed by atoms with E-state index in [9.17, 15) is 30.7 Å². The molecule has 4 aromatic carbocycles. The quantitative estimate of drug-likeness (QED) is 0.116. The van der Waals surface area contributed by atoms with Gasteiger partial charge in [0.2, 0.25) is 0 Å². The zero-order valence-corrected chi connectivity index (χ0v) is 25.4. The van der Waals surface area contributed by atoms with Gasteiger partial charge >= 0.3 is 12.5 Å². The Morgan fingerprint density at radius 2 is 1.19 bits per heavy atom. The van der Waals surface area contributed by atoms with Gasteiger partial charge < -0.3 is 18.9 Å². The Morgan fingerprint density at radius 1 is 0.646 bits per heavy atom. The molecule has 0 saturated carbocycles. The van der Waals surface area contributed by atoms with E-state index in [2.05, 4.69) is 16.4 Å². The first-order valence-corrected chi connectivity index (χ1v) is 15.0. The van der Waals surface area contributed by atoms with Crippen LogP contribution in [0.3, 0.4) is 0 Å². The van der Waals surface area contributed by atoms with Crippen molar-refractivity contribution in [2.75, 3.05) is 13.2 Å². The van der Waals surface area contributed by atoms with Gasteiger partial charge in [0.1, 0.15) is 40.3 Å². The van der Waals surface area contributed by atoms with Gasteiger partial charge in [-0.15, -0.1) is 13.2 Å². The Bertz CT molecular complexity index is 1690. The lowest BCUT2D eigenvalue weighted by Gasteiger charge is -2.29. The lowest BCUT2D eigenvalue weighted by atomic mass is 9.97. The summed E-state index contributed by atoms with van der Waals surface area (Å²) in [7, 11) is 0. The van der Waals surface area contributed by atoms with E-state index in [4.69, 9.17) is 9.47 Å². The topological polar surface area (TPSA) is 36.9 Å². The molecule has 48 heavy (non-hydrogen) atoms. The minimum absolute atomic E-state index is 0.0277. The van der Waals surface area contributed by atoms with Crippen molar-refractivity contribution in [3.63, 3.8) is 0 Å². The Balaban J connectivity index is 1.29. The molecule has 0 aromatic heterocycles. The van der Waals surface area contributed by atoms with Crippen LogP contribution in [0.25, 0.3) is 22.3 Å². The summed E-state index contributed by atoms with van der Waals surface area (Å²) in [5.41, 5.74) is -2.02. The molecule has 0 N–H and O–H groups in total. The van der Waals surface area contributed by atoms with Gasteiger partial charge in [-0.25, -0.2) is 17.6 Å². The molecule has 13 heteroatoms. The van der Waals surface area contributed by atoms with Crippen molar-refractivity contribution in [3.05, 3.63) is 107 Å². The third kappa shape index (κ3) is 8.43. The van der Waals surface area contributed by atoms with E-state index < -0.39 is 64.7 Å². The summed E-state index contributed by atoms with van der Waals surface area (Å²) in [6.07, 6.45) is -6.11. The SMILES string of the molecule is CCCCCC1COC(c2ccc(-c3ccc(-c4cc(F)c(C(F)(F)Oc5ccc(OC(F)(F)F)cc5)c(F)c4)c(F)c3)c(F)c2)OC1. The largest absolute Gasteiger partial charge is 0.573 e. The molecule has 4 nitrogen and oxygen atoms in total. The van der Waals surface area contributed by atoms with E-state index in [1.165, 1.54) is 18.2 Å². The third-order valence-corrected chi connectivity index (χ3v) is 7.68. The first kappa shape index (κ1) is 35.1. The van der Waals surface area contributed by atoms with Gasteiger partial charge in [0.25, 0.3) is 0 Å². The van der Waals surface area contributed by atoms with Crippen molar-refractivity contribution in [2.45, 2.75) is 51.4 Å². The average molecular weight is 685 g/mol. The standard InChI is InChI=1S/C35H29F9O4/c1-2-3-4-5-20-18-45-33(46-19-20)22-7-13-26(29(37)15-22)21-6-12-27(28(36)14-21)23-16-30(38)32(31(39)17-23)34(40,41)47-24-8-10-25(11-9-24)48-35(42,43)44/h6-17,20,33H,2-5,18-19H2,1H3. The summed E-state index contributed by atoms with van der Waals surface area (Å²) in [5, 5.41) is 0. The Labute approximate surface area is 270 Å². The van der Waals surface area contributed by atoms with Gasteiger partial charge in [-0.1, -0.05) is 50.5 Å². The second-order valence-corrected chi connectivity index (χ2v) is 11.2. The number of alkyl halides is 5. The number of halogens is 9. The summed E-state index contributed by atoms with van der Waals surface area (Å²) < 4.78 is 146. The summed E-state index contributed by atoms with van der Waals surface area (Å²) in [5.74, 6) is -6.46. The number of ether oxygens (including phenoxy) is 4. The summed E-state index contributed by atoms with van der Waals surface area (Å²) in [6, 6.07) is 11.3. The first-order chi connectivity index (χ1) is 22.7. The zero-order chi connectivity index (χ0) is 34.6. The highest BCUT2D eigenvalue weighted by Crippen LogP contribution is 2.39. The lowest BCUT2D eigenvalue weighted by molar-refractivity contribution is -0.274. The number of unbranched alkanes of at least 4 members (excludes halogenated alkanes) is 2. The van der Waals surface area contributed by atoms with Crippen molar-refractivity contribution >= 4 is 0 Å². The minimum Gasteiger partial charge on any atom is -0.429 e. The molecule has 1 aliphatic rings. The number of benzene rings is 4. The molecule has 0 radical (unpaired) electrons. The van der Waals surface area contributed by atoms with E-state index in [0.29, 0.717) is 55.2 Å². The maximum atomic E-state index is 15.2. The molecule has 0 unspecified atom stereocenters. The number of hydrogen-bond donors (Lipinski definition) is 0. The Hall–Kier alpha value is -4.23. The molecular formula is C35H29F9O4. The van der Waals surface area contributed by atoms with Crippen LogP contribution in [0.15, 0.2) is 72.8 Å². The molecule has 256 valence electrons. The smallest absolute Gasteiger partial charge is 0.429 e.